The molecule has 25 heavy (non-hydrogen) atoms. The quantitative estimate of drug-likeness (QED) is 0.368. The van der Waals surface area contributed by atoms with E-state index in [2.05, 4.69) is 17.6 Å². The van der Waals surface area contributed by atoms with Gasteiger partial charge in [0.25, 0.3) is 11.8 Å². The Kier molecular flexibility index (Phi) is 13.9. The number of nitrogens with two attached hydrogens (primary N) is 1. The summed E-state index contributed by atoms with van der Waals surface area (Å²) < 4.78 is 0. The van der Waals surface area contributed by atoms with Crippen LogP contribution in [0.3, 0.4) is 0 Å². The van der Waals surface area contributed by atoms with Crippen LogP contribution in [0, 0.1) is 0 Å². The summed E-state index contributed by atoms with van der Waals surface area (Å²) in [6, 6.07) is -0.502. The Morgan fingerprint density at radius 3 is 2.24 bits per heavy atom. The smallest absolute Gasteiger partial charge is 0.330 e. The van der Waals surface area contributed by atoms with E-state index in [-0.39, 0.29) is 12.8 Å². The molecular formula is C17H34N4O4. The second-order valence-electron chi connectivity index (χ2n) is 5.93. The Hall–Kier alpha value is -1.51. The highest BCUT2D eigenvalue weighted by Crippen LogP contribution is 2.13. The highest BCUT2D eigenvalue weighted by Gasteiger charge is 2.34. The summed E-state index contributed by atoms with van der Waals surface area (Å²) in [6.45, 7) is 3.91. The predicted molar refractivity (Wildman–Crippen MR) is 96.4 cm³/mol. The van der Waals surface area contributed by atoms with Gasteiger partial charge in [0.15, 0.2) is 0 Å². The number of imide groups is 1. The minimum absolute atomic E-state index is 0.110. The van der Waals surface area contributed by atoms with Crippen LogP contribution < -0.4 is 16.4 Å². The van der Waals surface area contributed by atoms with Crippen LogP contribution in [0.4, 0.5) is 0 Å². The third-order valence-corrected chi connectivity index (χ3v) is 3.80. The molecule has 1 atom stereocenters. The van der Waals surface area contributed by atoms with Crippen LogP contribution in [-0.2, 0) is 19.2 Å². The van der Waals surface area contributed by atoms with Gasteiger partial charge in [-0.1, -0.05) is 26.2 Å². The first kappa shape index (κ1) is 23.5. The van der Waals surface area contributed by atoms with Crippen molar-refractivity contribution in [3.05, 3.63) is 0 Å². The number of unbranched alkanes of at least 4 members (excludes halogenated alkanes) is 3. The molecule has 1 aliphatic heterocycles. The molecule has 146 valence electrons. The molecule has 1 fully saturated rings. The van der Waals surface area contributed by atoms with E-state index in [1.165, 1.54) is 19.3 Å². The van der Waals surface area contributed by atoms with Crippen molar-refractivity contribution in [1.29, 1.82) is 0 Å². The Morgan fingerprint density at radius 1 is 1.16 bits per heavy atom. The lowest BCUT2D eigenvalue weighted by molar-refractivity contribution is -0.199. The van der Waals surface area contributed by atoms with Crippen molar-refractivity contribution in [2.45, 2.75) is 64.3 Å². The molecule has 0 aliphatic carbocycles. The van der Waals surface area contributed by atoms with Crippen LogP contribution in [0.15, 0.2) is 0 Å². The van der Waals surface area contributed by atoms with E-state index in [1.54, 1.807) is 7.05 Å². The summed E-state index contributed by atoms with van der Waals surface area (Å²) in [5.74, 6) is -1.50. The summed E-state index contributed by atoms with van der Waals surface area (Å²) in [6.07, 6.45) is 6.38. The molecule has 1 aliphatic rings. The van der Waals surface area contributed by atoms with Crippen LogP contribution in [-0.4, -0.2) is 56.1 Å². The van der Waals surface area contributed by atoms with Crippen LogP contribution in [0.25, 0.3) is 0 Å². The Bertz CT molecular complexity index is 384. The van der Waals surface area contributed by atoms with Gasteiger partial charge >= 0.3 is 5.97 Å². The average molecular weight is 358 g/mol. The molecule has 1 heterocycles. The van der Waals surface area contributed by atoms with Crippen LogP contribution in [0.2, 0.25) is 0 Å². The van der Waals surface area contributed by atoms with Crippen LogP contribution in [0.1, 0.15) is 58.3 Å². The Balaban J connectivity index is 0.000000823. The predicted octanol–water partition coefficient (Wildman–Crippen LogP) is 0.707. The second-order valence-corrected chi connectivity index (χ2v) is 5.93. The number of nitrogens with one attached hydrogen (secondary N) is 2. The normalized spacial score (nSPS) is 15.0. The van der Waals surface area contributed by atoms with Crippen LogP contribution >= 0.6 is 0 Å². The molecule has 0 saturated carbocycles. The fourth-order valence-corrected chi connectivity index (χ4v) is 2.24. The lowest BCUT2D eigenvalue weighted by Crippen LogP contribution is -2.41. The monoisotopic (exact) mass is 358 g/mol. The summed E-state index contributed by atoms with van der Waals surface area (Å²) >= 11 is 0. The molecule has 0 aromatic carbocycles. The number of amides is 2. The maximum atomic E-state index is 11.8. The van der Waals surface area contributed by atoms with E-state index in [1.807, 2.05) is 7.05 Å². The number of carbonyl (C=O) groups is 3. The summed E-state index contributed by atoms with van der Waals surface area (Å²) in [7, 11) is 3.52. The van der Waals surface area contributed by atoms with E-state index in [9.17, 15) is 14.4 Å². The summed E-state index contributed by atoms with van der Waals surface area (Å²) in [5, 5.41) is 6.45. The largest absolute Gasteiger partial charge is 0.349 e. The zero-order chi connectivity index (χ0) is 19.1. The molecular weight excluding hydrogens is 324 g/mol. The van der Waals surface area contributed by atoms with Gasteiger partial charge < -0.3 is 21.2 Å². The fourth-order valence-electron chi connectivity index (χ4n) is 2.24. The van der Waals surface area contributed by atoms with Gasteiger partial charge in [-0.15, -0.1) is 5.06 Å². The van der Waals surface area contributed by atoms with E-state index >= 15 is 0 Å². The second kappa shape index (κ2) is 14.8. The number of hydroxylamine groups is 2. The SMILES string of the molecule is CCCCCN.CNCCCCC(NC)C(=O)ON1C(=O)CCC1=O. The third kappa shape index (κ3) is 10.2. The summed E-state index contributed by atoms with van der Waals surface area (Å²) in [5.41, 5.74) is 5.21. The van der Waals surface area contributed by atoms with E-state index < -0.39 is 23.8 Å². The molecule has 1 saturated heterocycles. The molecule has 8 nitrogen and oxygen atoms in total. The van der Waals surface area contributed by atoms with Gasteiger partial charge in [-0.05, 0) is 46.4 Å². The summed E-state index contributed by atoms with van der Waals surface area (Å²) in [4.78, 5) is 39.4. The lowest BCUT2D eigenvalue weighted by Gasteiger charge is -2.18. The van der Waals surface area contributed by atoms with Gasteiger partial charge in [-0.3, -0.25) is 9.59 Å². The molecule has 1 rings (SSSR count). The number of rotatable bonds is 11. The van der Waals surface area contributed by atoms with Crippen molar-refractivity contribution in [3.8, 4) is 0 Å². The standard InChI is InChI=1S/C12H21N3O4.C5H13N/c1-13-8-4-3-5-9(14-2)12(18)19-15-10(16)6-7-11(15)17;1-2-3-4-5-6/h9,13-14H,3-8H2,1-2H3;2-6H2,1H3. The van der Waals surface area contributed by atoms with Gasteiger partial charge in [0.1, 0.15) is 6.04 Å². The molecule has 0 bridgehead atoms. The number of nitrogens with zero attached hydrogens (tertiary/aromatic N) is 1. The van der Waals surface area contributed by atoms with Gasteiger partial charge in [0.05, 0.1) is 0 Å². The molecule has 4 N–H and O–H groups in total. The highest BCUT2D eigenvalue weighted by atomic mass is 16.7. The van der Waals surface area contributed by atoms with E-state index in [4.69, 9.17) is 10.6 Å². The molecule has 0 radical (unpaired) electrons. The maximum absolute atomic E-state index is 11.8. The molecule has 8 heteroatoms. The Labute approximate surface area is 150 Å². The third-order valence-electron chi connectivity index (χ3n) is 3.80. The van der Waals surface area contributed by atoms with Gasteiger partial charge in [0.2, 0.25) is 0 Å². The van der Waals surface area contributed by atoms with Crippen molar-refractivity contribution in [2.75, 3.05) is 27.2 Å². The van der Waals surface area contributed by atoms with Gasteiger partial charge in [-0.25, -0.2) is 4.79 Å². The average Bonchev–Trinajstić information content (AvgIpc) is 2.92. The van der Waals surface area contributed by atoms with Crippen molar-refractivity contribution >= 4 is 17.8 Å². The Morgan fingerprint density at radius 2 is 1.80 bits per heavy atom. The first-order valence-electron chi connectivity index (χ1n) is 9.11. The molecule has 1 unspecified atom stereocenters. The number of likely N-dealkylation sites (N-methyl/N-ethyl adjacent to an activating group) is 1. The first-order valence-corrected chi connectivity index (χ1v) is 9.11. The minimum atomic E-state index is -0.587. The van der Waals surface area contributed by atoms with Gasteiger partial charge in [-0.2, -0.15) is 0 Å². The highest BCUT2D eigenvalue weighted by molar-refractivity contribution is 6.01. The molecule has 0 aromatic rings. The van der Waals surface area contributed by atoms with Crippen molar-refractivity contribution in [2.24, 2.45) is 5.73 Å². The first-order chi connectivity index (χ1) is 12.0. The minimum Gasteiger partial charge on any atom is -0.330 e. The molecule has 2 amide bonds. The van der Waals surface area contributed by atoms with Crippen molar-refractivity contribution in [3.63, 3.8) is 0 Å². The lowest BCUT2D eigenvalue weighted by atomic mass is 10.1. The van der Waals surface area contributed by atoms with Gasteiger partial charge in [0, 0.05) is 12.8 Å². The number of carbonyl (C=O) groups excluding carboxylic acids is 3. The van der Waals surface area contributed by atoms with Crippen molar-refractivity contribution in [1.82, 2.24) is 15.7 Å². The van der Waals surface area contributed by atoms with E-state index in [0.29, 0.717) is 11.5 Å². The zero-order valence-corrected chi connectivity index (χ0v) is 15.8. The van der Waals surface area contributed by atoms with Crippen molar-refractivity contribution < 1.29 is 19.2 Å². The molecule has 0 spiro atoms. The molecule has 0 aromatic heterocycles. The topological polar surface area (TPSA) is 114 Å². The zero-order valence-electron chi connectivity index (χ0n) is 15.8. The fraction of sp³-hybridized carbons (Fsp3) is 0.824. The van der Waals surface area contributed by atoms with E-state index in [0.717, 1.165) is 25.9 Å². The number of hydrogen-bond donors (Lipinski definition) is 3. The van der Waals surface area contributed by atoms with Crippen LogP contribution in [0.5, 0.6) is 0 Å². The maximum Gasteiger partial charge on any atom is 0.349 e. The number of hydrogen-bond acceptors (Lipinski definition) is 7.